The minimum absolute atomic E-state index is 0.0586. The first kappa shape index (κ1) is 15.7. The van der Waals surface area contributed by atoms with Crippen molar-refractivity contribution in [1.82, 2.24) is 15.1 Å². The Morgan fingerprint density at radius 3 is 2.65 bits per heavy atom. The van der Waals surface area contributed by atoms with E-state index in [1.807, 2.05) is 30.3 Å². The van der Waals surface area contributed by atoms with Crippen LogP contribution in [0.5, 0.6) is 0 Å². The highest BCUT2D eigenvalue weighted by Gasteiger charge is 2.22. The zero-order valence-electron chi connectivity index (χ0n) is 13.2. The number of aliphatic hydroxyl groups excluding tert-OH is 1. The van der Waals surface area contributed by atoms with Crippen LogP contribution in [-0.2, 0) is 6.54 Å². The number of hydrogen-bond donors (Lipinski definition) is 2. The summed E-state index contributed by atoms with van der Waals surface area (Å²) in [5.41, 5.74) is 1.76. The van der Waals surface area contributed by atoms with E-state index in [4.69, 9.17) is 5.11 Å². The fourth-order valence-electron chi connectivity index (χ4n) is 3.10. The summed E-state index contributed by atoms with van der Waals surface area (Å²) in [4.78, 5) is 12.3. The van der Waals surface area contributed by atoms with Gasteiger partial charge in [0, 0.05) is 18.8 Å². The molecule has 1 aliphatic carbocycles. The van der Waals surface area contributed by atoms with Gasteiger partial charge in [-0.1, -0.05) is 30.3 Å². The Hall–Kier alpha value is -2.14. The molecule has 0 radical (unpaired) electrons. The van der Waals surface area contributed by atoms with Gasteiger partial charge in [0.05, 0.1) is 18.3 Å². The monoisotopic (exact) mass is 313 g/mol. The minimum Gasteiger partial charge on any atom is -0.396 e. The number of aliphatic hydroxyl groups is 1. The number of rotatable bonds is 5. The van der Waals surface area contributed by atoms with Crippen molar-refractivity contribution in [2.24, 2.45) is 5.92 Å². The van der Waals surface area contributed by atoms with E-state index in [-0.39, 0.29) is 18.6 Å². The molecule has 1 saturated carbocycles. The molecule has 5 nitrogen and oxygen atoms in total. The van der Waals surface area contributed by atoms with Gasteiger partial charge in [-0.15, -0.1) is 0 Å². The summed E-state index contributed by atoms with van der Waals surface area (Å²) in [6.07, 6.45) is 7.26. The van der Waals surface area contributed by atoms with Gasteiger partial charge < -0.3 is 10.4 Å². The number of benzene rings is 1. The summed E-state index contributed by atoms with van der Waals surface area (Å²) >= 11 is 0. The van der Waals surface area contributed by atoms with Crippen LogP contribution in [0.15, 0.2) is 42.7 Å². The third-order valence-corrected chi connectivity index (χ3v) is 4.52. The molecule has 23 heavy (non-hydrogen) atoms. The van der Waals surface area contributed by atoms with Crippen molar-refractivity contribution in [1.29, 1.82) is 0 Å². The van der Waals surface area contributed by atoms with Crippen LogP contribution in [0.3, 0.4) is 0 Å². The average Bonchev–Trinajstić information content (AvgIpc) is 3.05. The molecule has 2 N–H and O–H groups in total. The zero-order chi connectivity index (χ0) is 16.1. The summed E-state index contributed by atoms with van der Waals surface area (Å²) in [6, 6.07) is 10.3. The summed E-state index contributed by atoms with van der Waals surface area (Å²) in [7, 11) is 0. The van der Waals surface area contributed by atoms with E-state index >= 15 is 0 Å². The molecule has 1 heterocycles. The second-order valence-corrected chi connectivity index (χ2v) is 6.29. The topological polar surface area (TPSA) is 67.2 Å². The van der Waals surface area contributed by atoms with Gasteiger partial charge in [-0.05, 0) is 37.2 Å². The van der Waals surface area contributed by atoms with Crippen molar-refractivity contribution >= 4 is 5.91 Å². The zero-order valence-corrected chi connectivity index (χ0v) is 13.2. The van der Waals surface area contributed by atoms with Crippen LogP contribution in [-0.4, -0.2) is 33.4 Å². The van der Waals surface area contributed by atoms with Crippen LogP contribution in [0.2, 0.25) is 0 Å². The van der Waals surface area contributed by atoms with Crippen molar-refractivity contribution in [2.75, 3.05) is 6.61 Å². The lowest BCUT2D eigenvalue weighted by atomic mass is 9.86. The fraction of sp³-hybridized carbons (Fsp3) is 0.444. The normalized spacial score (nSPS) is 21.1. The van der Waals surface area contributed by atoms with Crippen LogP contribution >= 0.6 is 0 Å². The van der Waals surface area contributed by atoms with Gasteiger partial charge in [0.15, 0.2) is 0 Å². The van der Waals surface area contributed by atoms with Crippen LogP contribution < -0.4 is 5.32 Å². The van der Waals surface area contributed by atoms with Gasteiger partial charge in [0.2, 0.25) is 0 Å². The SMILES string of the molecule is O=C(NC1CCC(CO)CC1)c1cnn(Cc2ccccc2)c1. The largest absolute Gasteiger partial charge is 0.396 e. The van der Waals surface area contributed by atoms with Gasteiger partial charge >= 0.3 is 0 Å². The molecule has 0 bridgehead atoms. The fourth-order valence-corrected chi connectivity index (χ4v) is 3.10. The van der Waals surface area contributed by atoms with E-state index in [0.29, 0.717) is 18.0 Å². The molecule has 1 aliphatic rings. The maximum absolute atomic E-state index is 12.3. The van der Waals surface area contributed by atoms with Crippen molar-refractivity contribution in [2.45, 2.75) is 38.3 Å². The van der Waals surface area contributed by atoms with Crippen LogP contribution in [0, 0.1) is 5.92 Å². The van der Waals surface area contributed by atoms with Gasteiger partial charge in [-0.2, -0.15) is 5.10 Å². The molecular formula is C18H23N3O2. The maximum atomic E-state index is 12.3. The van der Waals surface area contributed by atoms with Gasteiger partial charge in [0.1, 0.15) is 0 Å². The van der Waals surface area contributed by atoms with E-state index in [2.05, 4.69) is 10.4 Å². The van der Waals surface area contributed by atoms with Crippen LogP contribution in [0.25, 0.3) is 0 Å². The molecule has 1 aromatic carbocycles. The number of amides is 1. The molecule has 1 fully saturated rings. The van der Waals surface area contributed by atoms with E-state index in [9.17, 15) is 4.79 Å². The number of nitrogens with zero attached hydrogens (tertiary/aromatic N) is 2. The molecular weight excluding hydrogens is 290 g/mol. The Kier molecular flexibility index (Phi) is 5.08. The smallest absolute Gasteiger partial charge is 0.254 e. The maximum Gasteiger partial charge on any atom is 0.254 e. The molecule has 3 rings (SSSR count). The second-order valence-electron chi connectivity index (χ2n) is 6.29. The van der Waals surface area contributed by atoms with Gasteiger partial charge in [-0.3, -0.25) is 9.48 Å². The number of carbonyl (C=O) groups excluding carboxylic acids is 1. The Balaban J connectivity index is 1.54. The first-order valence-electron chi connectivity index (χ1n) is 8.22. The van der Waals surface area contributed by atoms with Gasteiger partial charge in [-0.25, -0.2) is 0 Å². The number of hydrogen-bond acceptors (Lipinski definition) is 3. The predicted molar refractivity (Wildman–Crippen MR) is 88.1 cm³/mol. The quantitative estimate of drug-likeness (QED) is 0.889. The molecule has 0 atom stereocenters. The van der Waals surface area contributed by atoms with E-state index < -0.39 is 0 Å². The highest BCUT2D eigenvalue weighted by Crippen LogP contribution is 2.23. The highest BCUT2D eigenvalue weighted by atomic mass is 16.3. The first-order valence-corrected chi connectivity index (χ1v) is 8.22. The molecule has 0 saturated heterocycles. The molecule has 1 amide bonds. The van der Waals surface area contributed by atoms with Crippen LogP contribution in [0.1, 0.15) is 41.6 Å². The average molecular weight is 313 g/mol. The molecule has 0 unspecified atom stereocenters. The lowest BCUT2D eigenvalue weighted by molar-refractivity contribution is 0.0914. The predicted octanol–water partition coefficient (Wildman–Crippen LogP) is 2.21. The highest BCUT2D eigenvalue weighted by molar-refractivity contribution is 5.93. The standard InChI is InChI=1S/C18H23N3O2/c22-13-15-6-8-17(9-7-15)20-18(23)16-10-19-21(12-16)11-14-4-2-1-3-5-14/h1-5,10,12,15,17,22H,6-9,11,13H2,(H,20,23). The van der Waals surface area contributed by atoms with E-state index in [1.54, 1.807) is 17.1 Å². The summed E-state index contributed by atoms with van der Waals surface area (Å²) in [5, 5.41) is 16.5. The third kappa shape index (κ3) is 4.20. The Morgan fingerprint density at radius 2 is 1.96 bits per heavy atom. The van der Waals surface area contributed by atoms with Gasteiger partial charge in [0.25, 0.3) is 5.91 Å². The molecule has 122 valence electrons. The molecule has 5 heteroatoms. The van der Waals surface area contributed by atoms with Crippen molar-refractivity contribution in [3.05, 3.63) is 53.9 Å². The Bertz CT molecular complexity index is 631. The Morgan fingerprint density at radius 1 is 1.22 bits per heavy atom. The second kappa shape index (κ2) is 7.42. The molecule has 1 aromatic heterocycles. The summed E-state index contributed by atoms with van der Waals surface area (Å²) < 4.78 is 1.78. The number of carbonyl (C=O) groups is 1. The minimum atomic E-state index is -0.0586. The van der Waals surface area contributed by atoms with E-state index in [0.717, 1.165) is 31.2 Å². The third-order valence-electron chi connectivity index (χ3n) is 4.52. The first-order chi connectivity index (χ1) is 11.2. The number of aromatic nitrogens is 2. The lowest BCUT2D eigenvalue weighted by Gasteiger charge is -2.27. The summed E-state index contributed by atoms with van der Waals surface area (Å²) in [6.45, 7) is 0.919. The van der Waals surface area contributed by atoms with Crippen molar-refractivity contribution in [3.8, 4) is 0 Å². The Labute approximate surface area is 136 Å². The summed E-state index contributed by atoms with van der Waals surface area (Å²) in [5.74, 6) is 0.341. The van der Waals surface area contributed by atoms with E-state index in [1.165, 1.54) is 0 Å². The number of nitrogens with one attached hydrogen (secondary N) is 1. The molecule has 0 aliphatic heterocycles. The van der Waals surface area contributed by atoms with Crippen molar-refractivity contribution < 1.29 is 9.90 Å². The van der Waals surface area contributed by atoms with Crippen LogP contribution in [0.4, 0.5) is 0 Å². The molecule has 2 aromatic rings. The lowest BCUT2D eigenvalue weighted by Crippen LogP contribution is -2.37. The molecule has 0 spiro atoms. The van der Waals surface area contributed by atoms with Crippen molar-refractivity contribution in [3.63, 3.8) is 0 Å².